The fourth-order valence-electron chi connectivity index (χ4n) is 11.8. The number of carbonyl (C=O) groups is 6. The van der Waals surface area contributed by atoms with Gasteiger partial charge in [-0.15, -0.1) is 0 Å². The van der Waals surface area contributed by atoms with Gasteiger partial charge in [0, 0.05) is 85.9 Å². The number of nitrogens with zero attached hydrogens (tertiary/aromatic N) is 3. The maximum absolute atomic E-state index is 12.9. The van der Waals surface area contributed by atoms with Gasteiger partial charge in [-0.2, -0.15) is 0 Å². The summed E-state index contributed by atoms with van der Waals surface area (Å²) in [6, 6.07) is 24.9. The Hall–Kier alpha value is 0.0103. The summed E-state index contributed by atoms with van der Waals surface area (Å²) in [6.45, 7) is 48.4. The predicted molar refractivity (Wildman–Crippen MR) is 443 cm³/mol. The molecule has 4 aromatic rings. The summed E-state index contributed by atoms with van der Waals surface area (Å²) < 4.78 is 14.1. The Labute approximate surface area is 740 Å². The van der Waals surface area contributed by atoms with Crippen LogP contribution in [0.4, 0.5) is 0 Å². The molecule has 0 saturated carbocycles. The van der Waals surface area contributed by atoms with Crippen LogP contribution in [0.3, 0.4) is 0 Å². The zero-order valence-electron chi connectivity index (χ0n) is 66.7. The molecule has 0 spiro atoms. The molecule has 0 aromatic heterocycles. The Morgan fingerprint density at radius 1 is 0.486 bits per heavy atom. The number of likely N-dealkylation sites (N-methyl/N-ethyl adjacent to an activating group) is 2. The molecule has 606 valence electrons. The van der Waals surface area contributed by atoms with E-state index in [-0.39, 0.29) is 115 Å². The second-order valence-electron chi connectivity index (χ2n) is 29.9. The van der Waals surface area contributed by atoms with Crippen LogP contribution in [-0.4, -0.2) is 159 Å². The van der Waals surface area contributed by atoms with E-state index in [4.69, 9.17) is 25.7 Å². The molecule has 4 aromatic carbocycles. The molecular formula is C80H130AgBr3Cl5IN3NaO10S. The predicted octanol–water partition coefficient (Wildman–Crippen LogP) is 11.0. The number of carboxylic acids is 1. The molecule has 0 radical (unpaired) electrons. The van der Waals surface area contributed by atoms with Crippen LogP contribution < -0.4 is 65.9 Å². The molecule has 4 aliphatic heterocycles. The Morgan fingerprint density at radius 2 is 0.695 bits per heavy atom. The van der Waals surface area contributed by atoms with Crippen LogP contribution in [0, 0.1) is 55.4 Å². The number of carboxylic acid groups (broad SMARTS) is 1. The monoisotopic (exact) mass is 1990 g/mol. The van der Waals surface area contributed by atoms with Gasteiger partial charge in [-0.05, 0) is 256 Å². The minimum absolute atomic E-state index is 0. The topological polar surface area (TPSA) is 184 Å². The van der Waals surface area contributed by atoms with Crippen LogP contribution >= 0.6 is 89.9 Å². The van der Waals surface area contributed by atoms with E-state index in [1.165, 1.54) is 113 Å². The summed E-state index contributed by atoms with van der Waals surface area (Å²) in [5, 5.41) is 7.84. The Kier molecular flexibility index (Phi) is 62.5. The van der Waals surface area contributed by atoms with Crippen LogP contribution in [0.5, 0.6) is 0 Å². The van der Waals surface area contributed by atoms with Gasteiger partial charge in [-0.1, -0.05) is 135 Å². The van der Waals surface area contributed by atoms with Crippen LogP contribution in [0.15, 0.2) is 72.8 Å². The summed E-state index contributed by atoms with van der Waals surface area (Å²) in [7, 11) is 16.3. The maximum atomic E-state index is 12.9. The molecule has 0 unspecified atom stereocenters. The van der Waals surface area contributed by atoms with Gasteiger partial charge in [0.2, 0.25) is 14.5 Å². The van der Waals surface area contributed by atoms with Crippen molar-refractivity contribution in [1.82, 2.24) is 4.90 Å². The smallest absolute Gasteiger partial charge is 1.00 e. The number of Topliss-reactive ketones (excluding diaryl/α,β-unsaturated/α-hetero) is 4. The number of carbonyl (C=O) groups excluding carboxylic acids is 5. The molecule has 0 bridgehead atoms. The summed E-state index contributed by atoms with van der Waals surface area (Å²) in [6.07, 6.45) is 12.2. The molecule has 8 rings (SSSR count). The molecule has 105 heavy (non-hydrogen) atoms. The number of aliphatic carboxylic acids is 1. The number of ketones is 4. The summed E-state index contributed by atoms with van der Waals surface area (Å²) >= 11 is 16.9. The van der Waals surface area contributed by atoms with Crippen molar-refractivity contribution in [3.05, 3.63) is 140 Å². The van der Waals surface area contributed by atoms with E-state index in [0.29, 0.717) is 43.0 Å². The van der Waals surface area contributed by atoms with Gasteiger partial charge in [-0.3, -0.25) is 33.7 Å². The van der Waals surface area contributed by atoms with Gasteiger partial charge in [0.15, 0.2) is 34.2 Å². The number of benzene rings is 4. The van der Waals surface area contributed by atoms with Gasteiger partial charge in [0.1, 0.15) is 4.32 Å². The van der Waals surface area contributed by atoms with Crippen LogP contribution in [0.25, 0.3) is 0 Å². The summed E-state index contributed by atoms with van der Waals surface area (Å²) in [5.41, 5.74) is 13.7. The number of likely N-dealkylation sites (tertiary alicyclic amines) is 3. The van der Waals surface area contributed by atoms with Crippen LogP contribution in [0.1, 0.15) is 217 Å². The van der Waals surface area contributed by atoms with Crippen molar-refractivity contribution in [1.29, 1.82) is 0 Å². The second kappa shape index (κ2) is 55.5. The standard InChI is InChI=1S/2C18H28NO.C17H25NO.C13H17BrO.C4H6BrClO.C4H7BrO2.C4H8O.2CH4.Ag.Cl2OS.2ClH.HI.Na.H2O.H/c2*1-14-9-8-10-15(2)16(14)13-17(20)18(3,4)19(5)11-6-7-12-19;1-13-8-7-9-14(2)15(13)12-16(19)17(3,4)18-10-5-6-11-18;1-9-6-5-7-10(2)11(9)8-12(15)13(3,4)14;2*1-4(2,5)3(6)7;1-2-4-5-3-1;;;;1-4(2)3;;;;;;/h2*8-10H,6-7,11-13H2,1-5H3;7-9H,5-6,10-12H2,1-4H3;5-7H,8H2,1-4H3;1-2H3;1-2H3,(H,6,7);1-4H2;2*1H4;;;3*1H;;1H2;/q2*+1;;;;;;;;+1;;;;;+1;;-1/p-3. The Balaban J connectivity index is -0.000000178. The van der Waals surface area contributed by atoms with E-state index in [9.17, 15) is 28.8 Å². The second-order valence-corrected chi connectivity index (χ2v) is 38.7. The van der Waals surface area contributed by atoms with E-state index in [1.54, 1.807) is 27.7 Å². The van der Waals surface area contributed by atoms with Crippen molar-refractivity contribution < 1.29 is 145 Å². The first-order valence-corrected chi connectivity index (χ1v) is 41.6. The molecule has 4 heterocycles. The average Bonchev–Trinajstić information content (AvgIpc) is 1.52. The van der Waals surface area contributed by atoms with Gasteiger partial charge >= 0.3 is 64.7 Å². The number of alkyl halides is 3. The van der Waals surface area contributed by atoms with E-state index in [2.05, 4.69) is 281 Å². The third kappa shape index (κ3) is 41.2. The SMILES string of the molecule is C.C.C1CCOC1.CC(C)(Br)C(=O)Cl.CC(C)(Br)C(=O)O.Cc1cccc(C)c1CC(=O)C(C)(C)Br.Cc1cccc(C)c1CC(=O)C(C)(C)N1CCCC1.Cc1cccc(C)c1CC(=O)C(C)(C)[N+]1(C)CCCC1.Cc1cccc(C)c1CC(=O)C(C)(C)[N+]1(C)CCCC1.O.O=S(Cl)Cl.[Cl-].[Cl][Ag].[H-].[I-].[Na+]. The summed E-state index contributed by atoms with van der Waals surface area (Å²) in [4.78, 5) is 72.9. The zero-order valence-corrected chi connectivity index (χ0v) is 80.7. The minimum atomic E-state index is -1.67. The molecule has 4 saturated heterocycles. The zero-order chi connectivity index (χ0) is 76.9. The number of rotatable bonds is 17. The van der Waals surface area contributed by atoms with Crippen LogP contribution in [-0.2, 0) is 88.4 Å². The molecule has 0 aliphatic carbocycles. The number of quaternary nitrogens is 2. The fraction of sp³-hybridized carbons (Fsp3) is 0.625. The molecule has 4 aliphatic rings. The quantitative estimate of drug-likeness (QED) is 0.0351. The third-order valence-corrected chi connectivity index (χ3v) is 22.0. The molecule has 25 heteroatoms. The van der Waals surface area contributed by atoms with Crippen molar-refractivity contribution in [2.24, 2.45) is 0 Å². The van der Waals surface area contributed by atoms with Crippen molar-refractivity contribution in [2.75, 3.05) is 66.6 Å². The number of hydrogen-bond donors (Lipinski definition) is 1. The van der Waals surface area contributed by atoms with Crippen LogP contribution in [0.2, 0.25) is 0 Å². The van der Waals surface area contributed by atoms with E-state index in [0.717, 1.165) is 67.0 Å². The molecule has 4 fully saturated rings. The molecule has 0 amide bonds. The first kappa shape index (κ1) is 118. The van der Waals surface area contributed by atoms with E-state index < -0.39 is 28.2 Å². The number of halogens is 9. The van der Waals surface area contributed by atoms with Gasteiger partial charge in [0.05, 0.1) is 54.5 Å². The summed E-state index contributed by atoms with van der Waals surface area (Å²) in [5.74, 6) is 0.470. The van der Waals surface area contributed by atoms with Gasteiger partial charge < -0.3 is 62.1 Å². The van der Waals surface area contributed by atoms with Crippen molar-refractivity contribution >= 4 is 134 Å². The minimum Gasteiger partial charge on any atom is -1.00 e. The fourth-order valence-corrected chi connectivity index (χ4v) is 11.9. The molecule has 3 N–H and O–H groups in total. The maximum Gasteiger partial charge on any atom is 1.00 e. The Bertz CT molecular complexity index is 3070. The van der Waals surface area contributed by atoms with Gasteiger partial charge in [-0.25, -0.2) is 4.21 Å². The molecule has 13 nitrogen and oxygen atoms in total. The average molecular weight is 2000 g/mol. The first-order chi connectivity index (χ1) is 45.4. The number of hydrogen-bond acceptors (Lipinski definition) is 9. The number of aryl methyl sites for hydroxylation is 8. The van der Waals surface area contributed by atoms with E-state index >= 15 is 0 Å². The van der Waals surface area contributed by atoms with Crippen molar-refractivity contribution in [3.63, 3.8) is 0 Å². The van der Waals surface area contributed by atoms with Crippen molar-refractivity contribution in [2.45, 2.75) is 260 Å². The Morgan fingerprint density at radius 3 is 0.876 bits per heavy atom. The molecular weight excluding hydrogens is 1870 g/mol. The molecule has 0 atom stereocenters. The third-order valence-electron chi connectivity index (χ3n) is 20.1. The largest absolute Gasteiger partial charge is 1.00 e. The van der Waals surface area contributed by atoms with E-state index in [1.807, 2.05) is 19.9 Å². The number of ether oxygens (including phenoxy) is 1. The van der Waals surface area contributed by atoms with Gasteiger partial charge in [0.25, 0.3) is 0 Å². The normalized spacial score (nSPS) is 14.7. The first-order valence-electron chi connectivity index (χ1n) is 34.1. The van der Waals surface area contributed by atoms with Crippen molar-refractivity contribution in [3.8, 4) is 0 Å².